The SMILES string of the molecule is CC1(C)NC(C)(C)c2cc(-c3ccccc3)c(-c3ccccc3)cc21. The number of fused-ring (bicyclic) bond motifs is 1. The first-order chi connectivity index (χ1) is 11.9. The Morgan fingerprint density at radius 3 is 1.28 bits per heavy atom. The lowest BCUT2D eigenvalue weighted by molar-refractivity contribution is 0.319. The molecule has 1 aliphatic rings. The molecule has 0 fully saturated rings. The summed E-state index contributed by atoms with van der Waals surface area (Å²) in [5, 5.41) is 3.79. The zero-order chi connectivity index (χ0) is 17.7. The van der Waals surface area contributed by atoms with Crippen LogP contribution in [0.3, 0.4) is 0 Å². The number of hydrogen-bond acceptors (Lipinski definition) is 1. The van der Waals surface area contributed by atoms with Crippen molar-refractivity contribution in [1.82, 2.24) is 5.32 Å². The van der Waals surface area contributed by atoms with Gasteiger partial charge >= 0.3 is 0 Å². The minimum atomic E-state index is -0.0302. The lowest BCUT2D eigenvalue weighted by Crippen LogP contribution is -2.39. The highest BCUT2D eigenvalue weighted by molar-refractivity contribution is 5.85. The number of rotatable bonds is 2. The first-order valence-electron chi connectivity index (χ1n) is 8.98. The number of hydrogen-bond donors (Lipinski definition) is 1. The van der Waals surface area contributed by atoms with Crippen molar-refractivity contribution in [2.24, 2.45) is 0 Å². The van der Waals surface area contributed by atoms with Gasteiger partial charge in [-0.1, -0.05) is 60.7 Å². The fourth-order valence-electron chi connectivity index (χ4n) is 4.26. The van der Waals surface area contributed by atoms with Crippen LogP contribution in [0.2, 0.25) is 0 Å². The summed E-state index contributed by atoms with van der Waals surface area (Å²) in [6.07, 6.45) is 0. The molecule has 126 valence electrons. The second-order valence-corrected chi connectivity index (χ2v) is 8.05. The Hall–Kier alpha value is -2.38. The van der Waals surface area contributed by atoms with E-state index in [1.807, 2.05) is 0 Å². The van der Waals surface area contributed by atoms with Crippen LogP contribution in [-0.4, -0.2) is 0 Å². The molecule has 0 bridgehead atoms. The molecule has 3 aromatic carbocycles. The lowest BCUT2D eigenvalue weighted by atomic mass is 9.83. The summed E-state index contributed by atoms with van der Waals surface area (Å²) in [4.78, 5) is 0. The summed E-state index contributed by atoms with van der Waals surface area (Å²) in [6.45, 7) is 9.10. The Balaban J connectivity index is 2.04. The van der Waals surface area contributed by atoms with Gasteiger partial charge in [0, 0.05) is 11.1 Å². The largest absolute Gasteiger partial charge is 0.299 e. The average Bonchev–Trinajstić information content (AvgIpc) is 2.79. The van der Waals surface area contributed by atoms with Crippen LogP contribution in [0.4, 0.5) is 0 Å². The highest BCUT2D eigenvalue weighted by atomic mass is 15.1. The predicted octanol–water partition coefficient (Wildman–Crippen LogP) is 6.09. The van der Waals surface area contributed by atoms with E-state index in [1.165, 1.54) is 33.4 Å². The second-order valence-electron chi connectivity index (χ2n) is 8.05. The van der Waals surface area contributed by atoms with E-state index in [0.717, 1.165) is 0 Å². The molecule has 0 radical (unpaired) electrons. The van der Waals surface area contributed by atoms with Gasteiger partial charge in [0.2, 0.25) is 0 Å². The molecule has 0 atom stereocenters. The van der Waals surface area contributed by atoms with Crippen LogP contribution < -0.4 is 5.32 Å². The molecule has 0 unspecified atom stereocenters. The van der Waals surface area contributed by atoms with Crippen molar-refractivity contribution < 1.29 is 0 Å². The van der Waals surface area contributed by atoms with Crippen molar-refractivity contribution in [2.75, 3.05) is 0 Å². The zero-order valence-corrected chi connectivity index (χ0v) is 15.4. The quantitative estimate of drug-likeness (QED) is 0.600. The molecule has 4 rings (SSSR count). The average molecular weight is 327 g/mol. The minimum absolute atomic E-state index is 0.0302. The van der Waals surface area contributed by atoms with Crippen molar-refractivity contribution in [1.29, 1.82) is 0 Å². The number of benzene rings is 3. The van der Waals surface area contributed by atoms with Gasteiger partial charge in [-0.15, -0.1) is 0 Å². The number of nitrogens with one attached hydrogen (secondary N) is 1. The Bertz CT molecular complexity index is 829. The van der Waals surface area contributed by atoms with Crippen LogP contribution in [0.1, 0.15) is 38.8 Å². The predicted molar refractivity (Wildman–Crippen MR) is 107 cm³/mol. The van der Waals surface area contributed by atoms with Crippen LogP contribution in [0, 0.1) is 0 Å². The van der Waals surface area contributed by atoms with Gasteiger partial charge < -0.3 is 0 Å². The van der Waals surface area contributed by atoms with E-state index >= 15 is 0 Å². The third-order valence-electron chi connectivity index (χ3n) is 5.30. The molecule has 0 saturated carbocycles. The normalized spacial score (nSPS) is 17.3. The standard InChI is InChI=1S/C24H25N/c1-23(2)21-15-19(17-11-7-5-8-12-17)20(18-13-9-6-10-14-18)16-22(21)24(3,4)25-23/h5-16,25H,1-4H3. The molecule has 1 heteroatoms. The summed E-state index contributed by atoms with van der Waals surface area (Å²) >= 11 is 0. The van der Waals surface area contributed by atoms with Crippen LogP contribution >= 0.6 is 0 Å². The molecule has 1 nitrogen and oxygen atoms in total. The molecule has 0 aromatic heterocycles. The highest BCUT2D eigenvalue weighted by Gasteiger charge is 2.41. The summed E-state index contributed by atoms with van der Waals surface area (Å²) in [7, 11) is 0. The molecule has 1 N–H and O–H groups in total. The van der Waals surface area contributed by atoms with Crippen molar-refractivity contribution in [3.8, 4) is 22.3 Å². The van der Waals surface area contributed by atoms with Gasteiger partial charge in [-0.3, -0.25) is 5.32 Å². The molecule has 3 aromatic rings. The van der Waals surface area contributed by atoms with Crippen LogP contribution in [0.25, 0.3) is 22.3 Å². The Morgan fingerprint density at radius 2 is 0.920 bits per heavy atom. The Kier molecular flexibility index (Phi) is 3.59. The maximum absolute atomic E-state index is 3.79. The first-order valence-corrected chi connectivity index (χ1v) is 8.98. The van der Waals surface area contributed by atoms with Gasteiger partial charge in [-0.25, -0.2) is 0 Å². The second kappa shape index (κ2) is 5.57. The molecule has 25 heavy (non-hydrogen) atoms. The third-order valence-corrected chi connectivity index (χ3v) is 5.30. The molecule has 0 saturated heterocycles. The van der Waals surface area contributed by atoms with Gasteiger partial charge in [-0.2, -0.15) is 0 Å². The topological polar surface area (TPSA) is 12.0 Å². The minimum Gasteiger partial charge on any atom is -0.299 e. The lowest BCUT2D eigenvalue weighted by Gasteiger charge is -2.25. The zero-order valence-electron chi connectivity index (χ0n) is 15.4. The van der Waals surface area contributed by atoms with E-state index in [4.69, 9.17) is 0 Å². The molecule has 1 heterocycles. The van der Waals surface area contributed by atoms with E-state index < -0.39 is 0 Å². The fourth-order valence-corrected chi connectivity index (χ4v) is 4.26. The summed E-state index contributed by atoms with van der Waals surface area (Å²) in [5.41, 5.74) is 7.88. The van der Waals surface area contributed by atoms with E-state index in [-0.39, 0.29) is 11.1 Å². The first kappa shape index (κ1) is 16.1. The van der Waals surface area contributed by atoms with Gasteiger partial charge in [0.05, 0.1) is 0 Å². The van der Waals surface area contributed by atoms with Crippen LogP contribution in [-0.2, 0) is 11.1 Å². The van der Waals surface area contributed by atoms with E-state index in [2.05, 4.69) is 106 Å². The van der Waals surface area contributed by atoms with E-state index in [1.54, 1.807) is 0 Å². The van der Waals surface area contributed by atoms with E-state index in [9.17, 15) is 0 Å². The maximum atomic E-state index is 3.79. The molecule has 1 aliphatic heterocycles. The third kappa shape index (κ3) is 2.69. The van der Waals surface area contributed by atoms with Gasteiger partial charge in [0.25, 0.3) is 0 Å². The Morgan fingerprint density at radius 1 is 0.560 bits per heavy atom. The molecule has 0 aliphatic carbocycles. The van der Waals surface area contributed by atoms with Gasteiger partial charge in [0.15, 0.2) is 0 Å². The smallest absolute Gasteiger partial charge is 0.0388 e. The van der Waals surface area contributed by atoms with Crippen molar-refractivity contribution in [3.63, 3.8) is 0 Å². The molecular weight excluding hydrogens is 302 g/mol. The molecule has 0 amide bonds. The van der Waals surface area contributed by atoms with Crippen molar-refractivity contribution in [2.45, 2.75) is 38.8 Å². The highest BCUT2D eigenvalue weighted by Crippen LogP contribution is 2.45. The Labute approximate surface area is 150 Å². The van der Waals surface area contributed by atoms with Crippen molar-refractivity contribution in [3.05, 3.63) is 83.9 Å². The van der Waals surface area contributed by atoms with Gasteiger partial charge in [0.1, 0.15) is 0 Å². The summed E-state index contributed by atoms with van der Waals surface area (Å²) in [5.74, 6) is 0. The van der Waals surface area contributed by atoms with E-state index in [0.29, 0.717) is 0 Å². The monoisotopic (exact) mass is 327 g/mol. The summed E-state index contributed by atoms with van der Waals surface area (Å²) < 4.78 is 0. The molecular formula is C24H25N. The van der Waals surface area contributed by atoms with Crippen molar-refractivity contribution >= 4 is 0 Å². The fraction of sp³-hybridized carbons (Fsp3) is 0.250. The van der Waals surface area contributed by atoms with Crippen LogP contribution in [0.5, 0.6) is 0 Å². The molecule has 0 spiro atoms. The van der Waals surface area contributed by atoms with Crippen LogP contribution in [0.15, 0.2) is 72.8 Å². The summed E-state index contributed by atoms with van der Waals surface area (Å²) in [6, 6.07) is 26.2. The maximum Gasteiger partial charge on any atom is 0.0388 e. The van der Waals surface area contributed by atoms with Gasteiger partial charge in [-0.05, 0) is 73.2 Å².